The fourth-order valence-electron chi connectivity index (χ4n) is 3.24. The summed E-state index contributed by atoms with van der Waals surface area (Å²) < 4.78 is 0. The van der Waals surface area contributed by atoms with Gasteiger partial charge in [0.2, 0.25) is 0 Å². The highest BCUT2D eigenvalue weighted by Gasteiger charge is 2.19. The minimum atomic E-state index is 0.672. The van der Waals surface area contributed by atoms with Crippen molar-refractivity contribution in [2.24, 2.45) is 5.92 Å². The summed E-state index contributed by atoms with van der Waals surface area (Å²) in [4.78, 5) is 0. The van der Waals surface area contributed by atoms with Gasteiger partial charge in [-0.3, -0.25) is 0 Å². The van der Waals surface area contributed by atoms with Crippen molar-refractivity contribution in [2.45, 2.75) is 64.8 Å². The SMILES string of the molecule is CCCNC(Cc1ccc(C)cc1)CC1CCCC1. The third-order valence-corrected chi connectivity index (χ3v) is 4.38. The van der Waals surface area contributed by atoms with E-state index in [9.17, 15) is 0 Å². The Morgan fingerprint density at radius 2 is 1.84 bits per heavy atom. The van der Waals surface area contributed by atoms with E-state index in [1.54, 1.807) is 0 Å². The molecule has 0 aromatic heterocycles. The second-order valence-electron chi connectivity index (χ2n) is 6.23. The lowest BCUT2D eigenvalue weighted by molar-refractivity contribution is 0.385. The smallest absolute Gasteiger partial charge is 0.0110 e. The van der Waals surface area contributed by atoms with E-state index in [4.69, 9.17) is 0 Å². The zero-order valence-electron chi connectivity index (χ0n) is 12.6. The van der Waals surface area contributed by atoms with Crippen LogP contribution in [-0.4, -0.2) is 12.6 Å². The van der Waals surface area contributed by atoms with Gasteiger partial charge in [0.1, 0.15) is 0 Å². The molecule has 0 bridgehead atoms. The average molecular weight is 259 g/mol. The lowest BCUT2D eigenvalue weighted by atomic mass is 9.93. The first-order valence-corrected chi connectivity index (χ1v) is 8.07. The van der Waals surface area contributed by atoms with Crippen LogP contribution < -0.4 is 5.32 Å². The molecule has 0 amide bonds. The Hall–Kier alpha value is -0.820. The Labute approximate surface area is 118 Å². The molecule has 1 atom stereocenters. The van der Waals surface area contributed by atoms with Gasteiger partial charge in [-0.1, -0.05) is 62.4 Å². The molecule has 1 unspecified atom stereocenters. The van der Waals surface area contributed by atoms with E-state index < -0.39 is 0 Å². The van der Waals surface area contributed by atoms with E-state index in [-0.39, 0.29) is 0 Å². The van der Waals surface area contributed by atoms with Crippen LogP contribution in [0.15, 0.2) is 24.3 Å². The Bertz CT molecular complexity index is 348. The predicted octanol–water partition coefficient (Wildman–Crippen LogP) is 4.49. The van der Waals surface area contributed by atoms with Crippen LogP contribution in [0.1, 0.15) is 56.6 Å². The third kappa shape index (κ3) is 4.99. The van der Waals surface area contributed by atoms with E-state index in [0.717, 1.165) is 12.5 Å². The molecule has 1 aliphatic carbocycles. The molecule has 0 spiro atoms. The molecule has 1 N–H and O–H groups in total. The summed E-state index contributed by atoms with van der Waals surface area (Å²) in [7, 11) is 0. The molecule has 0 saturated heterocycles. The van der Waals surface area contributed by atoms with Crippen molar-refractivity contribution in [3.8, 4) is 0 Å². The number of aryl methyl sites for hydroxylation is 1. The summed E-state index contributed by atoms with van der Waals surface area (Å²) in [5.74, 6) is 0.972. The van der Waals surface area contributed by atoms with Crippen molar-refractivity contribution in [3.63, 3.8) is 0 Å². The topological polar surface area (TPSA) is 12.0 Å². The van der Waals surface area contributed by atoms with E-state index >= 15 is 0 Å². The number of nitrogens with one attached hydrogen (secondary N) is 1. The van der Waals surface area contributed by atoms with Crippen LogP contribution in [0.4, 0.5) is 0 Å². The van der Waals surface area contributed by atoms with Crippen molar-refractivity contribution in [1.82, 2.24) is 5.32 Å². The number of hydrogen-bond donors (Lipinski definition) is 1. The van der Waals surface area contributed by atoms with E-state index in [2.05, 4.69) is 43.4 Å². The summed E-state index contributed by atoms with van der Waals surface area (Å²) in [6.07, 6.45) is 9.61. The second kappa shape index (κ2) is 7.69. The zero-order valence-corrected chi connectivity index (χ0v) is 12.6. The van der Waals surface area contributed by atoms with Gasteiger partial charge in [0.15, 0.2) is 0 Å². The first-order valence-electron chi connectivity index (χ1n) is 8.07. The van der Waals surface area contributed by atoms with Crippen molar-refractivity contribution in [1.29, 1.82) is 0 Å². The molecule has 2 rings (SSSR count). The maximum absolute atomic E-state index is 3.76. The zero-order chi connectivity index (χ0) is 13.5. The molecule has 0 aliphatic heterocycles. The Balaban J connectivity index is 1.89. The van der Waals surface area contributed by atoms with Gasteiger partial charge in [-0.05, 0) is 44.2 Å². The first kappa shape index (κ1) is 14.6. The normalized spacial score (nSPS) is 17.8. The molecule has 0 heterocycles. The molecule has 106 valence electrons. The lowest BCUT2D eigenvalue weighted by Crippen LogP contribution is -2.33. The predicted molar refractivity (Wildman–Crippen MR) is 83.5 cm³/mol. The summed E-state index contributed by atoms with van der Waals surface area (Å²) in [5.41, 5.74) is 2.84. The van der Waals surface area contributed by atoms with Gasteiger partial charge in [0.25, 0.3) is 0 Å². The third-order valence-electron chi connectivity index (χ3n) is 4.38. The molecule has 1 fully saturated rings. The summed E-state index contributed by atoms with van der Waals surface area (Å²) in [5, 5.41) is 3.76. The van der Waals surface area contributed by atoms with E-state index in [1.165, 1.54) is 56.1 Å². The maximum Gasteiger partial charge on any atom is 0.0110 e. The maximum atomic E-state index is 3.76. The average Bonchev–Trinajstić information content (AvgIpc) is 2.91. The summed E-state index contributed by atoms with van der Waals surface area (Å²) in [6, 6.07) is 9.74. The fraction of sp³-hybridized carbons (Fsp3) is 0.667. The van der Waals surface area contributed by atoms with Crippen LogP contribution in [-0.2, 0) is 6.42 Å². The van der Waals surface area contributed by atoms with Gasteiger partial charge in [0.05, 0.1) is 0 Å². The van der Waals surface area contributed by atoms with Crippen molar-refractivity contribution >= 4 is 0 Å². The van der Waals surface area contributed by atoms with Gasteiger partial charge in [-0.15, -0.1) is 0 Å². The molecule has 1 aromatic rings. The lowest BCUT2D eigenvalue weighted by Gasteiger charge is -2.22. The summed E-state index contributed by atoms with van der Waals surface area (Å²) >= 11 is 0. The molecule has 1 aromatic carbocycles. The molecule has 19 heavy (non-hydrogen) atoms. The van der Waals surface area contributed by atoms with Crippen LogP contribution in [0.3, 0.4) is 0 Å². The van der Waals surface area contributed by atoms with Gasteiger partial charge >= 0.3 is 0 Å². The van der Waals surface area contributed by atoms with Crippen LogP contribution in [0.5, 0.6) is 0 Å². The van der Waals surface area contributed by atoms with Gasteiger partial charge < -0.3 is 5.32 Å². The molecular weight excluding hydrogens is 230 g/mol. The fourth-order valence-corrected chi connectivity index (χ4v) is 3.24. The Morgan fingerprint density at radius 3 is 2.47 bits per heavy atom. The molecule has 1 heteroatoms. The first-order chi connectivity index (χ1) is 9.28. The van der Waals surface area contributed by atoms with Crippen LogP contribution in [0, 0.1) is 12.8 Å². The van der Waals surface area contributed by atoms with Gasteiger partial charge in [0, 0.05) is 6.04 Å². The number of benzene rings is 1. The van der Waals surface area contributed by atoms with Crippen molar-refractivity contribution in [3.05, 3.63) is 35.4 Å². The highest BCUT2D eigenvalue weighted by molar-refractivity contribution is 5.22. The van der Waals surface area contributed by atoms with E-state index in [1.807, 2.05) is 0 Å². The molecule has 1 aliphatic rings. The largest absolute Gasteiger partial charge is 0.314 e. The van der Waals surface area contributed by atoms with Crippen LogP contribution in [0.2, 0.25) is 0 Å². The molecule has 0 radical (unpaired) electrons. The Kier molecular flexibility index (Phi) is 5.91. The van der Waals surface area contributed by atoms with Crippen LogP contribution >= 0.6 is 0 Å². The van der Waals surface area contributed by atoms with Crippen molar-refractivity contribution < 1.29 is 0 Å². The van der Waals surface area contributed by atoms with E-state index in [0.29, 0.717) is 6.04 Å². The highest BCUT2D eigenvalue weighted by atomic mass is 14.9. The quantitative estimate of drug-likeness (QED) is 0.761. The molecule has 1 saturated carbocycles. The highest BCUT2D eigenvalue weighted by Crippen LogP contribution is 2.29. The number of rotatable bonds is 7. The molecular formula is C18H29N. The Morgan fingerprint density at radius 1 is 1.16 bits per heavy atom. The summed E-state index contributed by atoms with van der Waals surface area (Å²) in [6.45, 7) is 5.57. The molecule has 1 nitrogen and oxygen atoms in total. The standard InChI is InChI=1S/C18H29N/c1-3-12-19-18(13-16-6-4-5-7-16)14-17-10-8-15(2)9-11-17/h8-11,16,18-19H,3-7,12-14H2,1-2H3. The van der Waals surface area contributed by atoms with Crippen LogP contribution in [0.25, 0.3) is 0 Å². The second-order valence-corrected chi connectivity index (χ2v) is 6.23. The number of hydrogen-bond acceptors (Lipinski definition) is 1. The minimum absolute atomic E-state index is 0.672. The minimum Gasteiger partial charge on any atom is -0.314 e. The van der Waals surface area contributed by atoms with Gasteiger partial charge in [-0.25, -0.2) is 0 Å². The van der Waals surface area contributed by atoms with Crippen molar-refractivity contribution in [2.75, 3.05) is 6.54 Å². The monoisotopic (exact) mass is 259 g/mol. The van der Waals surface area contributed by atoms with Gasteiger partial charge in [-0.2, -0.15) is 0 Å².